The minimum atomic E-state index is -1.11. The molecule has 0 amide bonds. The van der Waals surface area contributed by atoms with Crippen molar-refractivity contribution in [2.24, 2.45) is 0 Å². The Morgan fingerprint density at radius 3 is 2.70 bits per heavy atom. The molecule has 0 radical (unpaired) electrons. The molecule has 1 aromatic carbocycles. The number of carbonyl (C=O) groups excluding carboxylic acids is 1. The lowest BCUT2D eigenvalue weighted by molar-refractivity contribution is -0.104. The van der Waals surface area contributed by atoms with Crippen LogP contribution in [-0.4, -0.2) is 18.5 Å². The third-order valence-corrected chi connectivity index (χ3v) is 2.91. The number of ether oxygens (including phenoxy) is 1. The zero-order chi connectivity index (χ0) is 14.7. The van der Waals surface area contributed by atoms with Crippen LogP contribution in [0.1, 0.15) is 18.6 Å². The Morgan fingerprint density at radius 1 is 1.35 bits per heavy atom. The number of benzene rings is 1. The first kappa shape index (κ1) is 14.0. The van der Waals surface area contributed by atoms with Gasteiger partial charge in [-0.15, -0.1) is 0 Å². The van der Waals surface area contributed by atoms with Gasteiger partial charge in [0.05, 0.1) is 12.7 Å². The smallest absolute Gasteiger partial charge is 0.336 e. The molecule has 0 aliphatic heterocycles. The van der Waals surface area contributed by atoms with Gasteiger partial charge in [-0.25, -0.2) is 4.79 Å². The topological polar surface area (TPSA) is 76.7 Å². The fourth-order valence-electron chi connectivity index (χ4n) is 1.97. The molecule has 20 heavy (non-hydrogen) atoms. The highest BCUT2D eigenvalue weighted by molar-refractivity contribution is 5.83. The van der Waals surface area contributed by atoms with E-state index in [1.807, 2.05) is 0 Å². The Kier molecular flexibility index (Phi) is 4.00. The van der Waals surface area contributed by atoms with E-state index in [9.17, 15) is 14.7 Å². The molecule has 1 aromatic heterocycles. The number of methoxy groups -OCH3 is 1. The van der Waals surface area contributed by atoms with Crippen molar-refractivity contribution in [2.45, 2.75) is 13.0 Å². The zero-order valence-corrected chi connectivity index (χ0v) is 11.1. The first-order valence-electron chi connectivity index (χ1n) is 5.99. The van der Waals surface area contributed by atoms with Crippen molar-refractivity contribution in [3.8, 4) is 5.75 Å². The van der Waals surface area contributed by atoms with Crippen molar-refractivity contribution in [1.29, 1.82) is 0 Å². The second-order valence-electron chi connectivity index (χ2n) is 4.33. The van der Waals surface area contributed by atoms with E-state index >= 15 is 0 Å². The van der Waals surface area contributed by atoms with Crippen LogP contribution in [0.5, 0.6) is 5.75 Å². The van der Waals surface area contributed by atoms with Gasteiger partial charge >= 0.3 is 5.63 Å². The SMILES string of the molecule is COc1ccc2ccc(=O)oc2c1[C@H](O)/C=C(\C)C=O. The van der Waals surface area contributed by atoms with E-state index in [0.717, 1.165) is 0 Å². The summed E-state index contributed by atoms with van der Waals surface area (Å²) < 4.78 is 10.3. The summed E-state index contributed by atoms with van der Waals surface area (Å²) >= 11 is 0. The molecule has 0 saturated heterocycles. The molecule has 1 atom stereocenters. The minimum Gasteiger partial charge on any atom is -0.496 e. The zero-order valence-electron chi connectivity index (χ0n) is 11.1. The summed E-state index contributed by atoms with van der Waals surface area (Å²) in [4.78, 5) is 22.0. The molecule has 0 saturated carbocycles. The predicted molar refractivity (Wildman–Crippen MR) is 73.8 cm³/mol. The monoisotopic (exact) mass is 274 g/mol. The molecule has 0 unspecified atom stereocenters. The summed E-state index contributed by atoms with van der Waals surface area (Å²) in [5.74, 6) is 0.384. The molecule has 0 bridgehead atoms. The van der Waals surface area contributed by atoms with E-state index in [0.29, 0.717) is 28.6 Å². The van der Waals surface area contributed by atoms with Gasteiger partial charge in [0.15, 0.2) is 0 Å². The molecule has 5 heteroatoms. The van der Waals surface area contributed by atoms with Gasteiger partial charge in [-0.05, 0) is 36.8 Å². The fourth-order valence-corrected chi connectivity index (χ4v) is 1.97. The van der Waals surface area contributed by atoms with E-state index < -0.39 is 11.7 Å². The van der Waals surface area contributed by atoms with Gasteiger partial charge in [-0.1, -0.05) is 0 Å². The number of aliphatic hydroxyl groups excluding tert-OH is 1. The number of hydrogen-bond donors (Lipinski definition) is 1. The summed E-state index contributed by atoms with van der Waals surface area (Å²) in [7, 11) is 1.45. The van der Waals surface area contributed by atoms with Crippen molar-refractivity contribution in [1.82, 2.24) is 0 Å². The lowest BCUT2D eigenvalue weighted by Gasteiger charge is -2.13. The Labute approximate surface area is 115 Å². The normalized spacial score (nSPS) is 13.2. The van der Waals surface area contributed by atoms with Crippen LogP contribution in [-0.2, 0) is 4.79 Å². The van der Waals surface area contributed by atoms with Crippen LogP contribution >= 0.6 is 0 Å². The predicted octanol–water partition coefficient (Wildman–Crippen LogP) is 1.98. The van der Waals surface area contributed by atoms with Gasteiger partial charge in [0, 0.05) is 11.5 Å². The van der Waals surface area contributed by atoms with Crippen molar-refractivity contribution >= 4 is 17.3 Å². The first-order chi connectivity index (χ1) is 9.56. The van der Waals surface area contributed by atoms with Crippen molar-refractivity contribution in [3.63, 3.8) is 0 Å². The maximum absolute atomic E-state index is 11.4. The molecule has 0 spiro atoms. The highest BCUT2D eigenvalue weighted by Gasteiger charge is 2.17. The Bertz CT molecular complexity index is 727. The van der Waals surface area contributed by atoms with Crippen LogP contribution in [0, 0.1) is 0 Å². The number of fused-ring (bicyclic) bond motifs is 1. The average molecular weight is 274 g/mol. The van der Waals surface area contributed by atoms with E-state index in [4.69, 9.17) is 9.15 Å². The quantitative estimate of drug-likeness (QED) is 0.524. The van der Waals surface area contributed by atoms with Crippen LogP contribution in [0.25, 0.3) is 11.0 Å². The van der Waals surface area contributed by atoms with E-state index in [1.54, 1.807) is 25.1 Å². The molecule has 0 aliphatic rings. The van der Waals surface area contributed by atoms with Crippen LogP contribution in [0.15, 0.2) is 45.1 Å². The molecule has 0 fully saturated rings. The van der Waals surface area contributed by atoms with Gasteiger partial charge in [0.2, 0.25) is 0 Å². The second-order valence-corrected chi connectivity index (χ2v) is 4.33. The Morgan fingerprint density at radius 2 is 2.05 bits per heavy atom. The fraction of sp³-hybridized carbons (Fsp3) is 0.200. The summed E-state index contributed by atoms with van der Waals surface area (Å²) in [6.07, 6.45) is 0.901. The van der Waals surface area contributed by atoms with E-state index in [-0.39, 0.29) is 5.58 Å². The largest absolute Gasteiger partial charge is 0.496 e. The second kappa shape index (κ2) is 5.71. The van der Waals surface area contributed by atoms with Gasteiger partial charge in [-0.3, -0.25) is 4.79 Å². The standard InChI is InChI=1S/C15H14O5/c1-9(8-16)7-11(17)14-12(19-2)5-3-10-4-6-13(18)20-15(10)14/h3-8,11,17H,1-2H3/b9-7+/t11-/m1/s1. The third kappa shape index (κ3) is 2.62. The molecular formula is C15H14O5. The number of aldehydes is 1. The molecular weight excluding hydrogens is 260 g/mol. The van der Waals surface area contributed by atoms with Crippen LogP contribution < -0.4 is 10.4 Å². The van der Waals surface area contributed by atoms with Gasteiger partial charge in [0.1, 0.15) is 23.7 Å². The average Bonchev–Trinajstić information content (AvgIpc) is 2.45. The number of allylic oxidation sites excluding steroid dienone is 1. The van der Waals surface area contributed by atoms with Crippen LogP contribution in [0.4, 0.5) is 0 Å². The maximum atomic E-state index is 11.4. The highest BCUT2D eigenvalue weighted by Crippen LogP contribution is 2.33. The Hall–Kier alpha value is -2.40. The molecule has 104 valence electrons. The third-order valence-electron chi connectivity index (χ3n) is 2.91. The lowest BCUT2D eigenvalue weighted by atomic mass is 10.0. The van der Waals surface area contributed by atoms with Gasteiger partial charge < -0.3 is 14.3 Å². The summed E-state index contributed by atoms with van der Waals surface area (Å²) in [5, 5.41) is 10.9. The number of aliphatic hydroxyl groups is 1. The maximum Gasteiger partial charge on any atom is 0.336 e. The molecule has 1 N–H and O–H groups in total. The molecule has 2 aromatic rings. The summed E-state index contributed by atoms with van der Waals surface area (Å²) in [6.45, 7) is 1.57. The Balaban J connectivity index is 2.73. The highest BCUT2D eigenvalue weighted by atomic mass is 16.5. The van der Waals surface area contributed by atoms with Gasteiger partial charge in [0.25, 0.3) is 0 Å². The molecule has 5 nitrogen and oxygen atoms in total. The summed E-state index contributed by atoms with van der Waals surface area (Å²) in [5.41, 5.74) is 0.424. The molecule has 1 heterocycles. The van der Waals surface area contributed by atoms with E-state index in [1.165, 1.54) is 19.3 Å². The van der Waals surface area contributed by atoms with E-state index in [2.05, 4.69) is 0 Å². The van der Waals surface area contributed by atoms with Crippen molar-refractivity contribution in [2.75, 3.05) is 7.11 Å². The van der Waals surface area contributed by atoms with Crippen LogP contribution in [0.3, 0.4) is 0 Å². The first-order valence-corrected chi connectivity index (χ1v) is 5.99. The summed E-state index contributed by atoms with van der Waals surface area (Å²) in [6, 6.07) is 6.30. The number of carbonyl (C=O) groups is 1. The lowest BCUT2D eigenvalue weighted by Crippen LogP contribution is -2.03. The number of rotatable bonds is 4. The van der Waals surface area contributed by atoms with Gasteiger partial charge in [-0.2, -0.15) is 0 Å². The molecule has 2 rings (SSSR count). The van der Waals surface area contributed by atoms with Crippen LogP contribution in [0.2, 0.25) is 0 Å². The van der Waals surface area contributed by atoms with Crippen molar-refractivity contribution < 1.29 is 19.1 Å². The van der Waals surface area contributed by atoms with Crippen molar-refractivity contribution in [3.05, 3.63) is 51.9 Å². The number of hydrogen-bond acceptors (Lipinski definition) is 5. The molecule has 0 aliphatic carbocycles. The minimum absolute atomic E-state index is 0.249.